The highest BCUT2D eigenvalue weighted by Gasteiger charge is 2.53. The minimum Gasteiger partial charge on any atom is -0.494 e. The Morgan fingerprint density at radius 3 is 1.71 bits per heavy atom. The second-order valence-electron chi connectivity index (χ2n) is 7.92. The number of hydrogen-bond donors (Lipinski definition) is 0. The number of ether oxygens (including phenoxy) is 1. The molecule has 0 saturated heterocycles. The second kappa shape index (κ2) is 12.5. The maximum Gasteiger partial charge on any atom is 0.363 e. The fraction of sp³-hybridized carbons (Fsp3) is 0.520. The van der Waals surface area contributed by atoms with Crippen LogP contribution in [0.3, 0.4) is 0 Å². The molecule has 0 heterocycles. The van der Waals surface area contributed by atoms with Crippen molar-refractivity contribution in [3.63, 3.8) is 0 Å². The van der Waals surface area contributed by atoms with Crippen molar-refractivity contribution in [2.75, 3.05) is 6.61 Å². The van der Waals surface area contributed by atoms with Crippen molar-refractivity contribution < 1.29 is 22.3 Å². The zero-order valence-electron chi connectivity index (χ0n) is 18.0. The number of benzene rings is 2. The van der Waals surface area contributed by atoms with Gasteiger partial charge in [0.1, 0.15) is 5.75 Å². The van der Waals surface area contributed by atoms with E-state index in [0.717, 1.165) is 23.3 Å². The van der Waals surface area contributed by atoms with Crippen molar-refractivity contribution >= 4 is 15.9 Å². The first-order chi connectivity index (χ1) is 14.7. The number of unbranched alkanes of at least 4 members (excludes halogenated alkanes) is 7. The minimum atomic E-state index is -4.23. The Kier molecular flexibility index (Phi) is 10.3. The van der Waals surface area contributed by atoms with E-state index in [1.165, 1.54) is 57.1 Å². The van der Waals surface area contributed by atoms with Crippen LogP contribution in [0.4, 0.5) is 17.6 Å². The van der Waals surface area contributed by atoms with E-state index in [1.807, 2.05) is 24.3 Å². The topological polar surface area (TPSA) is 9.23 Å². The van der Waals surface area contributed by atoms with Gasteiger partial charge in [0.25, 0.3) is 0 Å². The summed E-state index contributed by atoms with van der Waals surface area (Å²) in [5.41, 5.74) is 1.88. The van der Waals surface area contributed by atoms with Gasteiger partial charge in [-0.05, 0) is 51.2 Å². The average Bonchev–Trinajstić information content (AvgIpc) is 2.72. The first kappa shape index (κ1) is 25.7. The van der Waals surface area contributed by atoms with Crippen LogP contribution in [0.15, 0.2) is 48.5 Å². The quantitative estimate of drug-likeness (QED) is 0.142. The molecule has 1 nitrogen and oxygen atoms in total. The van der Waals surface area contributed by atoms with E-state index in [0.29, 0.717) is 6.61 Å². The molecule has 0 spiro atoms. The molecule has 0 aliphatic rings. The number of hydrogen-bond acceptors (Lipinski definition) is 1. The summed E-state index contributed by atoms with van der Waals surface area (Å²) in [7, 11) is 0. The highest BCUT2D eigenvalue weighted by Crippen LogP contribution is 2.41. The van der Waals surface area contributed by atoms with Gasteiger partial charge in [0, 0.05) is 6.42 Å². The fourth-order valence-electron chi connectivity index (χ4n) is 3.34. The third-order valence-electron chi connectivity index (χ3n) is 5.25. The monoisotopic (exact) mass is 502 g/mol. The van der Waals surface area contributed by atoms with Crippen LogP contribution in [0, 0.1) is 0 Å². The highest BCUT2D eigenvalue weighted by atomic mass is 79.9. The lowest BCUT2D eigenvalue weighted by Crippen LogP contribution is -2.36. The summed E-state index contributed by atoms with van der Waals surface area (Å²) < 4.78 is 58.7. The van der Waals surface area contributed by atoms with Crippen LogP contribution in [0.2, 0.25) is 0 Å². The fourth-order valence-corrected chi connectivity index (χ4v) is 3.48. The molecule has 0 aliphatic heterocycles. The third-order valence-corrected chi connectivity index (χ3v) is 5.83. The van der Waals surface area contributed by atoms with Crippen LogP contribution in [0.25, 0.3) is 11.1 Å². The van der Waals surface area contributed by atoms with Crippen molar-refractivity contribution in [3.05, 3.63) is 54.1 Å². The van der Waals surface area contributed by atoms with E-state index in [9.17, 15) is 17.6 Å². The predicted molar refractivity (Wildman–Crippen MR) is 123 cm³/mol. The van der Waals surface area contributed by atoms with Gasteiger partial charge in [0.2, 0.25) is 0 Å². The Morgan fingerprint density at radius 2 is 1.19 bits per heavy atom. The molecule has 0 aromatic heterocycles. The minimum absolute atomic E-state index is 0.151. The van der Waals surface area contributed by atoms with Crippen molar-refractivity contribution in [2.24, 2.45) is 0 Å². The van der Waals surface area contributed by atoms with Crippen molar-refractivity contribution in [1.29, 1.82) is 0 Å². The summed E-state index contributed by atoms with van der Waals surface area (Å²) >= 11 is 1.76. The molecule has 31 heavy (non-hydrogen) atoms. The van der Waals surface area contributed by atoms with Gasteiger partial charge < -0.3 is 4.74 Å². The van der Waals surface area contributed by atoms with E-state index in [-0.39, 0.29) is 5.56 Å². The maximum atomic E-state index is 13.5. The van der Waals surface area contributed by atoms with Crippen molar-refractivity contribution in [3.8, 4) is 16.9 Å². The van der Waals surface area contributed by atoms with E-state index >= 15 is 0 Å². The van der Waals surface area contributed by atoms with Crippen LogP contribution in [0.5, 0.6) is 5.75 Å². The van der Waals surface area contributed by atoms with Crippen molar-refractivity contribution in [1.82, 2.24) is 0 Å². The summed E-state index contributed by atoms with van der Waals surface area (Å²) in [6, 6.07) is 13.8. The summed E-state index contributed by atoms with van der Waals surface area (Å²) in [5, 5.41) is 0. The smallest absolute Gasteiger partial charge is 0.363 e. The molecule has 2 rings (SSSR count). The molecule has 0 radical (unpaired) electrons. The lowest BCUT2D eigenvalue weighted by atomic mass is 10.0. The summed E-state index contributed by atoms with van der Waals surface area (Å²) in [4.78, 5) is -4.23. The summed E-state index contributed by atoms with van der Waals surface area (Å²) in [5.74, 6) is -3.36. The lowest BCUT2D eigenvalue weighted by molar-refractivity contribution is -0.145. The largest absolute Gasteiger partial charge is 0.494 e. The van der Waals surface area contributed by atoms with Crippen molar-refractivity contribution in [2.45, 2.75) is 75.5 Å². The molecule has 0 N–H and O–H groups in total. The SMILES string of the molecule is CCCCCCCCCCOc1ccc(-c2ccc(CC(F)(F)C(F)(F)Br)cc2)cc1. The molecular weight excluding hydrogens is 472 g/mol. The highest BCUT2D eigenvalue weighted by molar-refractivity contribution is 9.10. The van der Waals surface area contributed by atoms with Crippen LogP contribution < -0.4 is 4.74 Å². The molecule has 6 heteroatoms. The van der Waals surface area contributed by atoms with Gasteiger partial charge in [0.15, 0.2) is 0 Å². The second-order valence-corrected chi connectivity index (χ2v) is 8.92. The Balaban J connectivity index is 1.76. The Labute approximate surface area is 191 Å². The zero-order chi connectivity index (χ0) is 22.7. The van der Waals surface area contributed by atoms with Gasteiger partial charge >= 0.3 is 10.8 Å². The van der Waals surface area contributed by atoms with E-state index in [1.54, 1.807) is 28.1 Å². The zero-order valence-corrected chi connectivity index (χ0v) is 19.6. The van der Waals surface area contributed by atoms with E-state index < -0.39 is 17.2 Å². The van der Waals surface area contributed by atoms with Gasteiger partial charge in [-0.15, -0.1) is 0 Å². The van der Waals surface area contributed by atoms with Crippen LogP contribution in [-0.2, 0) is 6.42 Å². The number of rotatable bonds is 14. The Morgan fingerprint density at radius 1 is 0.710 bits per heavy atom. The van der Waals surface area contributed by atoms with Gasteiger partial charge in [-0.3, -0.25) is 0 Å². The molecule has 2 aromatic rings. The van der Waals surface area contributed by atoms with Gasteiger partial charge in [-0.25, -0.2) is 0 Å². The lowest BCUT2D eigenvalue weighted by Gasteiger charge is -2.21. The van der Waals surface area contributed by atoms with E-state index in [4.69, 9.17) is 4.74 Å². The molecule has 0 bridgehead atoms. The number of alkyl halides is 5. The van der Waals surface area contributed by atoms with Crippen LogP contribution >= 0.6 is 15.9 Å². The average molecular weight is 503 g/mol. The standard InChI is InChI=1S/C25H31BrF4O/c1-2-3-4-5-6-7-8-9-18-31-23-16-14-22(15-17-23)21-12-10-20(11-13-21)19-24(27,28)25(26,29)30/h10-17H,2-9,18-19H2,1H3. The molecule has 2 aromatic carbocycles. The van der Waals surface area contributed by atoms with Gasteiger partial charge in [0.05, 0.1) is 6.61 Å². The summed E-state index contributed by atoms with van der Waals surface area (Å²) in [6.07, 6.45) is 8.99. The molecular formula is C25H31BrF4O. The molecule has 0 fully saturated rings. The predicted octanol–water partition coefficient (Wildman–Crippen LogP) is 9.04. The normalized spacial score (nSPS) is 12.2. The number of halogens is 5. The molecule has 0 aliphatic carbocycles. The van der Waals surface area contributed by atoms with Crippen LogP contribution in [-0.4, -0.2) is 17.4 Å². The first-order valence-electron chi connectivity index (χ1n) is 11.0. The van der Waals surface area contributed by atoms with Gasteiger partial charge in [-0.2, -0.15) is 17.6 Å². The third kappa shape index (κ3) is 8.83. The molecule has 0 amide bonds. The maximum absolute atomic E-state index is 13.5. The summed E-state index contributed by atoms with van der Waals surface area (Å²) in [6.45, 7) is 2.91. The van der Waals surface area contributed by atoms with Crippen LogP contribution in [0.1, 0.15) is 63.9 Å². The molecule has 172 valence electrons. The van der Waals surface area contributed by atoms with E-state index in [2.05, 4.69) is 6.92 Å². The Bertz CT molecular complexity index is 755. The van der Waals surface area contributed by atoms with Gasteiger partial charge in [-0.1, -0.05) is 88.3 Å². The Hall–Kier alpha value is -1.56. The molecule has 0 unspecified atom stereocenters. The molecule has 0 atom stereocenters. The molecule has 0 saturated carbocycles. The first-order valence-corrected chi connectivity index (χ1v) is 11.8.